The number of hydrogen-bond donors (Lipinski definition) is 2. The number of phenols is 1. The number of para-hydroxylation sites is 2. The van der Waals surface area contributed by atoms with Crippen LogP contribution in [0.3, 0.4) is 0 Å². The monoisotopic (exact) mass is 558 g/mol. The number of halogens is 1. The Kier molecular flexibility index (Phi) is 6.59. The molecule has 1 fully saturated rings. The minimum absolute atomic E-state index is 0.118. The predicted molar refractivity (Wildman–Crippen MR) is 165 cm³/mol. The van der Waals surface area contributed by atoms with Crippen LogP contribution in [0.1, 0.15) is 41.8 Å². The Labute approximate surface area is 242 Å². The van der Waals surface area contributed by atoms with E-state index in [1.807, 2.05) is 48.5 Å². The molecule has 42 heavy (non-hydrogen) atoms. The lowest BCUT2D eigenvalue weighted by Crippen LogP contribution is -2.29. The third kappa shape index (κ3) is 4.76. The first-order chi connectivity index (χ1) is 20.4. The molecule has 1 atom stereocenters. The normalized spacial score (nSPS) is 15.4. The third-order valence-electron chi connectivity index (χ3n) is 8.60. The molecule has 0 bridgehead atoms. The summed E-state index contributed by atoms with van der Waals surface area (Å²) >= 11 is 0. The molecule has 0 saturated carbocycles. The van der Waals surface area contributed by atoms with Gasteiger partial charge in [0.05, 0.1) is 11.0 Å². The van der Waals surface area contributed by atoms with E-state index in [0.717, 1.165) is 35.1 Å². The molecule has 2 N–H and O–H groups in total. The second-order valence-electron chi connectivity index (χ2n) is 11.3. The summed E-state index contributed by atoms with van der Waals surface area (Å²) in [5.41, 5.74) is 4.84. The van der Waals surface area contributed by atoms with Crippen molar-refractivity contribution in [3.63, 3.8) is 0 Å². The lowest BCUT2D eigenvalue weighted by atomic mass is 9.88. The Hall–Kier alpha value is -4.75. The molecule has 6 aromatic rings. The maximum absolute atomic E-state index is 14.5. The topological polar surface area (TPSA) is 74.2 Å². The van der Waals surface area contributed by atoms with E-state index in [9.17, 15) is 14.3 Å². The molecule has 0 radical (unpaired) electrons. The zero-order chi connectivity index (χ0) is 28.8. The number of aromatic amines is 1. The molecule has 0 spiro atoms. The number of nitrogens with one attached hydrogen (secondary N) is 1. The second kappa shape index (κ2) is 10.6. The van der Waals surface area contributed by atoms with Crippen LogP contribution in [0.25, 0.3) is 32.9 Å². The number of rotatable bonds is 5. The highest BCUT2D eigenvalue weighted by molar-refractivity contribution is 5.86. The standard InChI is InChI=1S/C35H31FN4O2/c1-39-17-14-24(15-18-39)22-6-8-23(9-7-22)26-11-10-25-16-19-40(35(42)28(25)20-26)33(29-21-27(36)12-13-32(29)41)34-37-30-4-2-3-5-31(30)38-34/h2-13,16,19-21,24,33,41H,14-15,17-18H2,1H3,(H,37,38). The molecule has 4 aromatic carbocycles. The largest absolute Gasteiger partial charge is 0.508 e. The Morgan fingerprint density at radius 1 is 0.929 bits per heavy atom. The second-order valence-corrected chi connectivity index (χ2v) is 11.3. The molecule has 7 heteroatoms. The van der Waals surface area contributed by atoms with Crippen molar-refractivity contribution in [3.8, 4) is 16.9 Å². The number of aromatic nitrogens is 3. The molecule has 1 aliphatic heterocycles. The Morgan fingerprint density at radius 2 is 1.69 bits per heavy atom. The van der Waals surface area contributed by atoms with E-state index in [-0.39, 0.29) is 16.9 Å². The quantitative estimate of drug-likeness (QED) is 0.243. The van der Waals surface area contributed by atoms with Crippen molar-refractivity contribution in [1.82, 2.24) is 19.4 Å². The minimum atomic E-state index is -0.873. The van der Waals surface area contributed by atoms with Gasteiger partial charge in [-0.25, -0.2) is 9.37 Å². The van der Waals surface area contributed by atoms with Crippen LogP contribution >= 0.6 is 0 Å². The number of imidazole rings is 1. The molecule has 1 unspecified atom stereocenters. The van der Waals surface area contributed by atoms with Gasteiger partial charge in [0.1, 0.15) is 23.4 Å². The van der Waals surface area contributed by atoms with E-state index < -0.39 is 11.9 Å². The van der Waals surface area contributed by atoms with Gasteiger partial charge >= 0.3 is 0 Å². The number of nitrogens with zero attached hydrogens (tertiary/aromatic N) is 3. The Morgan fingerprint density at radius 3 is 2.48 bits per heavy atom. The number of fused-ring (bicyclic) bond motifs is 2. The number of piperidine rings is 1. The fraction of sp³-hybridized carbons (Fsp3) is 0.200. The lowest BCUT2D eigenvalue weighted by molar-refractivity contribution is 0.255. The zero-order valence-electron chi connectivity index (χ0n) is 23.3. The first-order valence-corrected chi connectivity index (χ1v) is 14.3. The minimum Gasteiger partial charge on any atom is -0.508 e. The van der Waals surface area contributed by atoms with Crippen LogP contribution in [0.15, 0.2) is 102 Å². The SMILES string of the molecule is CN1CCC(c2ccc(-c3ccc4ccn(C(c5nc6ccccc6[nH]5)c5cc(F)ccc5O)c(=O)c4c3)cc2)CC1. The van der Waals surface area contributed by atoms with Crippen molar-refractivity contribution in [1.29, 1.82) is 0 Å². The van der Waals surface area contributed by atoms with Gasteiger partial charge in [0.15, 0.2) is 0 Å². The van der Waals surface area contributed by atoms with Crippen molar-refractivity contribution >= 4 is 21.8 Å². The Bertz CT molecular complexity index is 1940. The lowest BCUT2D eigenvalue weighted by Gasteiger charge is -2.29. The van der Waals surface area contributed by atoms with Crippen molar-refractivity contribution < 1.29 is 9.50 Å². The van der Waals surface area contributed by atoms with E-state index in [2.05, 4.69) is 41.2 Å². The van der Waals surface area contributed by atoms with Gasteiger partial charge in [-0.3, -0.25) is 4.79 Å². The molecular formula is C35H31FN4O2. The highest BCUT2D eigenvalue weighted by Gasteiger charge is 2.26. The molecule has 3 heterocycles. The highest BCUT2D eigenvalue weighted by atomic mass is 19.1. The summed E-state index contributed by atoms with van der Waals surface area (Å²) < 4.78 is 16.0. The van der Waals surface area contributed by atoms with Crippen LogP contribution in [-0.4, -0.2) is 44.7 Å². The van der Waals surface area contributed by atoms with E-state index in [1.54, 1.807) is 6.20 Å². The summed E-state index contributed by atoms with van der Waals surface area (Å²) in [6.07, 6.45) is 4.01. The fourth-order valence-electron chi connectivity index (χ4n) is 6.20. The maximum atomic E-state index is 14.5. The van der Waals surface area contributed by atoms with Crippen molar-refractivity contribution in [2.24, 2.45) is 0 Å². The summed E-state index contributed by atoms with van der Waals surface area (Å²) in [6, 6.07) is 26.9. The number of phenolic OH excluding ortho intramolecular Hbond substituents is 1. The van der Waals surface area contributed by atoms with Gasteiger partial charge in [-0.05, 0) is 103 Å². The van der Waals surface area contributed by atoms with Crippen molar-refractivity contribution in [2.75, 3.05) is 20.1 Å². The molecule has 210 valence electrons. The number of pyridine rings is 1. The van der Waals surface area contributed by atoms with E-state index in [0.29, 0.717) is 22.6 Å². The van der Waals surface area contributed by atoms with Crippen molar-refractivity contribution in [3.05, 3.63) is 130 Å². The van der Waals surface area contributed by atoms with Gasteiger partial charge < -0.3 is 19.6 Å². The van der Waals surface area contributed by atoms with Crippen molar-refractivity contribution in [2.45, 2.75) is 24.8 Å². The number of H-pyrrole nitrogens is 1. The Balaban J connectivity index is 1.32. The number of likely N-dealkylation sites (tertiary alicyclic amines) is 1. The van der Waals surface area contributed by atoms with E-state index in [1.165, 1.54) is 41.2 Å². The van der Waals surface area contributed by atoms with Crippen LogP contribution in [0.5, 0.6) is 5.75 Å². The molecular weight excluding hydrogens is 527 g/mol. The summed E-state index contributed by atoms with van der Waals surface area (Å²) in [5.74, 6) is 0.378. The summed E-state index contributed by atoms with van der Waals surface area (Å²) in [4.78, 5) is 24.5. The smallest absolute Gasteiger partial charge is 0.259 e. The molecule has 6 nitrogen and oxygen atoms in total. The van der Waals surface area contributed by atoms with Crippen LogP contribution in [-0.2, 0) is 0 Å². The zero-order valence-corrected chi connectivity index (χ0v) is 23.3. The first-order valence-electron chi connectivity index (χ1n) is 14.3. The number of benzene rings is 4. The predicted octanol–water partition coefficient (Wildman–Crippen LogP) is 6.84. The first kappa shape index (κ1) is 26.2. The third-order valence-corrected chi connectivity index (χ3v) is 8.60. The number of hydrogen-bond acceptors (Lipinski definition) is 4. The van der Waals surface area contributed by atoms with Crippen LogP contribution < -0.4 is 5.56 Å². The van der Waals surface area contributed by atoms with Gasteiger partial charge in [-0.2, -0.15) is 0 Å². The summed E-state index contributed by atoms with van der Waals surface area (Å²) in [5, 5.41) is 12.1. The molecule has 7 rings (SSSR count). The average Bonchev–Trinajstić information content (AvgIpc) is 3.44. The summed E-state index contributed by atoms with van der Waals surface area (Å²) in [7, 11) is 2.17. The van der Waals surface area contributed by atoms with Crippen LogP contribution in [0, 0.1) is 5.82 Å². The molecule has 0 amide bonds. The molecule has 2 aromatic heterocycles. The van der Waals surface area contributed by atoms with Crippen LogP contribution in [0.2, 0.25) is 0 Å². The van der Waals surface area contributed by atoms with Gasteiger partial charge in [0, 0.05) is 17.1 Å². The van der Waals surface area contributed by atoms with E-state index >= 15 is 0 Å². The molecule has 1 aliphatic rings. The fourth-order valence-corrected chi connectivity index (χ4v) is 6.20. The van der Waals surface area contributed by atoms with Gasteiger partial charge in [-0.15, -0.1) is 0 Å². The molecule has 0 aliphatic carbocycles. The van der Waals surface area contributed by atoms with Gasteiger partial charge in [-0.1, -0.05) is 48.5 Å². The van der Waals surface area contributed by atoms with Crippen LogP contribution in [0.4, 0.5) is 4.39 Å². The van der Waals surface area contributed by atoms with Gasteiger partial charge in [0.2, 0.25) is 0 Å². The molecule has 1 saturated heterocycles. The maximum Gasteiger partial charge on any atom is 0.259 e. The number of aromatic hydroxyl groups is 1. The summed E-state index contributed by atoms with van der Waals surface area (Å²) in [6.45, 7) is 2.23. The van der Waals surface area contributed by atoms with Gasteiger partial charge in [0.25, 0.3) is 5.56 Å². The highest BCUT2D eigenvalue weighted by Crippen LogP contribution is 2.34. The average molecular weight is 559 g/mol. The van der Waals surface area contributed by atoms with E-state index in [4.69, 9.17) is 4.98 Å².